The summed E-state index contributed by atoms with van der Waals surface area (Å²) in [6.45, 7) is 2.57. The molecule has 1 fully saturated rings. The van der Waals surface area contributed by atoms with Gasteiger partial charge in [0, 0.05) is 38.8 Å². The zero-order valence-electron chi connectivity index (χ0n) is 11.2. The Morgan fingerprint density at radius 2 is 2.42 bits per heavy atom. The molecule has 2 aromatic heterocycles. The maximum absolute atomic E-state index is 5.61. The van der Waals surface area contributed by atoms with E-state index in [1.165, 1.54) is 12.0 Å². The predicted molar refractivity (Wildman–Crippen MR) is 73.9 cm³/mol. The molecule has 0 aliphatic carbocycles. The van der Waals surface area contributed by atoms with Gasteiger partial charge in [0.05, 0.1) is 24.5 Å². The Bertz CT molecular complexity index is 525. The second-order valence-corrected chi connectivity index (χ2v) is 5.12. The lowest BCUT2D eigenvalue weighted by Crippen LogP contribution is -2.15. The summed E-state index contributed by atoms with van der Waals surface area (Å²) in [6.07, 6.45) is 10.7. The third kappa shape index (κ3) is 3.17. The number of hydrogen-bond acceptors (Lipinski definition) is 3. The van der Waals surface area contributed by atoms with Crippen molar-refractivity contribution in [1.82, 2.24) is 14.3 Å². The molecule has 0 amide bonds. The first kappa shape index (κ1) is 12.3. The van der Waals surface area contributed by atoms with Gasteiger partial charge in [-0.1, -0.05) is 0 Å². The van der Waals surface area contributed by atoms with Crippen LogP contribution in [0.2, 0.25) is 0 Å². The minimum atomic E-state index is 0.335. The number of nitrogens with zero attached hydrogens (tertiary/aromatic N) is 3. The molecule has 1 saturated heterocycles. The van der Waals surface area contributed by atoms with Gasteiger partial charge >= 0.3 is 0 Å². The topological polar surface area (TPSA) is 44.0 Å². The van der Waals surface area contributed by atoms with Crippen LogP contribution in [0.25, 0.3) is 0 Å². The quantitative estimate of drug-likeness (QED) is 0.894. The maximum Gasteiger partial charge on any atom is 0.0771 e. The Morgan fingerprint density at radius 1 is 1.47 bits per heavy atom. The van der Waals surface area contributed by atoms with Gasteiger partial charge in [-0.2, -0.15) is 5.10 Å². The molecule has 1 atom stereocenters. The molecule has 0 spiro atoms. The first-order chi connectivity index (χ1) is 9.29. The molecule has 5 heteroatoms. The maximum atomic E-state index is 5.61. The third-order valence-electron chi connectivity index (χ3n) is 3.44. The SMILES string of the molecule is Cn1ccc(CNc2cnn(CC3CCCO3)c2)c1. The molecule has 102 valence electrons. The van der Waals surface area contributed by atoms with E-state index < -0.39 is 0 Å². The zero-order valence-corrected chi connectivity index (χ0v) is 11.2. The molecule has 19 heavy (non-hydrogen) atoms. The van der Waals surface area contributed by atoms with Crippen LogP contribution in [0.5, 0.6) is 0 Å². The highest BCUT2D eigenvalue weighted by Gasteiger charge is 2.16. The van der Waals surface area contributed by atoms with E-state index in [9.17, 15) is 0 Å². The van der Waals surface area contributed by atoms with Crippen molar-refractivity contribution in [3.05, 3.63) is 36.4 Å². The summed E-state index contributed by atoms with van der Waals surface area (Å²) in [6, 6.07) is 2.11. The minimum absolute atomic E-state index is 0.335. The van der Waals surface area contributed by atoms with Gasteiger partial charge in [-0.05, 0) is 24.5 Å². The zero-order chi connectivity index (χ0) is 13.1. The fraction of sp³-hybridized carbons (Fsp3) is 0.500. The molecule has 1 N–H and O–H groups in total. The van der Waals surface area contributed by atoms with Gasteiger partial charge in [0.15, 0.2) is 0 Å². The molecule has 1 aliphatic rings. The average molecular weight is 260 g/mol. The summed E-state index contributed by atoms with van der Waals surface area (Å²) < 4.78 is 9.63. The van der Waals surface area contributed by atoms with Crippen molar-refractivity contribution < 1.29 is 4.74 Å². The van der Waals surface area contributed by atoms with Crippen molar-refractivity contribution in [3.63, 3.8) is 0 Å². The molecule has 0 bridgehead atoms. The first-order valence-electron chi connectivity index (χ1n) is 6.78. The fourth-order valence-corrected chi connectivity index (χ4v) is 2.42. The number of ether oxygens (including phenoxy) is 1. The van der Waals surface area contributed by atoms with E-state index in [2.05, 4.69) is 33.4 Å². The number of hydrogen-bond donors (Lipinski definition) is 1. The van der Waals surface area contributed by atoms with Crippen molar-refractivity contribution in [3.8, 4) is 0 Å². The van der Waals surface area contributed by atoms with E-state index >= 15 is 0 Å². The Hall–Kier alpha value is -1.75. The van der Waals surface area contributed by atoms with E-state index in [-0.39, 0.29) is 0 Å². The van der Waals surface area contributed by atoms with Crippen LogP contribution >= 0.6 is 0 Å². The summed E-state index contributed by atoms with van der Waals surface area (Å²) in [7, 11) is 2.03. The van der Waals surface area contributed by atoms with Gasteiger partial charge in [-0.15, -0.1) is 0 Å². The van der Waals surface area contributed by atoms with Crippen molar-refractivity contribution >= 4 is 5.69 Å². The standard InChI is InChI=1S/C14H20N4O/c1-17-5-4-12(9-17)7-15-13-8-16-18(10-13)11-14-3-2-6-19-14/h4-5,8-10,14-15H,2-3,6-7,11H2,1H3. The lowest BCUT2D eigenvalue weighted by molar-refractivity contribution is 0.0940. The van der Waals surface area contributed by atoms with Gasteiger partial charge < -0.3 is 14.6 Å². The molecule has 0 aromatic carbocycles. The molecular weight excluding hydrogens is 240 g/mol. The van der Waals surface area contributed by atoms with Crippen molar-refractivity contribution in [2.75, 3.05) is 11.9 Å². The number of anilines is 1. The van der Waals surface area contributed by atoms with Crippen LogP contribution in [0.4, 0.5) is 5.69 Å². The van der Waals surface area contributed by atoms with Gasteiger partial charge in [0.2, 0.25) is 0 Å². The molecule has 3 heterocycles. The summed E-state index contributed by atoms with van der Waals surface area (Å²) in [5.74, 6) is 0. The van der Waals surface area contributed by atoms with Crippen molar-refractivity contribution in [2.45, 2.75) is 32.0 Å². The normalized spacial score (nSPS) is 18.9. The van der Waals surface area contributed by atoms with Crippen LogP contribution in [0.15, 0.2) is 30.9 Å². The number of aryl methyl sites for hydroxylation is 1. The Kier molecular flexibility index (Phi) is 3.55. The molecule has 0 radical (unpaired) electrons. The minimum Gasteiger partial charge on any atom is -0.378 e. The highest BCUT2D eigenvalue weighted by Crippen LogP contribution is 2.15. The average Bonchev–Trinajstić information content (AvgIpc) is 3.10. The Balaban J connectivity index is 1.52. The molecule has 0 saturated carbocycles. The first-order valence-corrected chi connectivity index (χ1v) is 6.78. The van der Waals surface area contributed by atoms with Gasteiger partial charge in [0.25, 0.3) is 0 Å². The summed E-state index contributed by atoms with van der Waals surface area (Å²) in [5, 5.41) is 7.75. The monoisotopic (exact) mass is 260 g/mol. The molecule has 2 aromatic rings. The van der Waals surface area contributed by atoms with E-state index in [0.717, 1.165) is 31.8 Å². The highest BCUT2D eigenvalue weighted by atomic mass is 16.5. The van der Waals surface area contributed by atoms with E-state index in [1.807, 2.05) is 24.1 Å². The molecular formula is C14H20N4O. The fourth-order valence-electron chi connectivity index (χ4n) is 2.42. The lowest BCUT2D eigenvalue weighted by atomic mass is 10.2. The van der Waals surface area contributed by atoms with E-state index in [0.29, 0.717) is 6.10 Å². The molecule has 5 nitrogen and oxygen atoms in total. The van der Waals surface area contributed by atoms with Crippen LogP contribution in [0.1, 0.15) is 18.4 Å². The predicted octanol–water partition coefficient (Wildman–Crippen LogP) is 2.01. The van der Waals surface area contributed by atoms with Gasteiger partial charge in [-0.3, -0.25) is 4.68 Å². The molecule has 1 aliphatic heterocycles. The van der Waals surface area contributed by atoms with E-state index in [1.54, 1.807) is 0 Å². The Labute approximate surface area is 113 Å². The second kappa shape index (κ2) is 5.48. The highest BCUT2D eigenvalue weighted by molar-refractivity contribution is 5.39. The van der Waals surface area contributed by atoms with E-state index in [4.69, 9.17) is 4.74 Å². The lowest BCUT2D eigenvalue weighted by Gasteiger charge is -2.08. The summed E-state index contributed by atoms with van der Waals surface area (Å²) in [5.41, 5.74) is 2.33. The van der Waals surface area contributed by atoms with Gasteiger partial charge in [0.1, 0.15) is 0 Å². The number of nitrogens with one attached hydrogen (secondary N) is 1. The largest absolute Gasteiger partial charge is 0.378 e. The van der Waals surface area contributed by atoms with Crippen LogP contribution in [0.3, 0.4) is 0 Å². The molecule has 3 rings (SSSR count). The number of rotatable bonds is 5. The van der Waals surface area contributed by atoms with Crippen molar-refractivity contribution in [1.29, 1.82) is 0 Å². The van der Waals surface area contributed by atoms with Gasteiger partial charge in [-0.25, -0.2) is 0 Å². The van der Waals surface area contributed by atoms with Crippen LogP contribution in [-0.2, 0) is 24.9 Å². The number of aromatic nitrogens is 3. The second-order valence-electron chi connectivity index (χ2n) is 5.12. The Morgan fingerprint density at radius 3 is 3.16 bits per heavy atom. The van der Waals surface area contributed by atoms with Crippen molar-refractivity contribution in [2.24, 2.45) is 7.05 Å². The summed E-state index contributed by atoms with van der Waals surface area (Å²) in [4.78, 5) is 0. The van der Waals surface area contributed by atoms with Crippen LogP contribution < -0.4 is 5.32 Å². The third-order valence-corrected chi connectivity index (χ3v) is 3.44. The van der Waals surface area contributed by atoms with Crippen LogP contribution in [-0.4, -0.2) is 27.1 Å². The van der Waals surface area contributed by atoms with Crippen LogP contribution in [0, 0.1) is 0 Å². The summed E-state index contributed by atoms with van der Waals surface area (Å²) >= 11 is 0. The smallest absolute Gasteiger partial charge is 0.0771 e. The molecule has 1 unspecified atom stereocenters.